The lowest BCUT2D eigenvalue weighted by Crippen LogP contribution is -2.53. The number of alkyl halides is 1. The van der Waals surface area contributed by atoms with Crippen molar-refractivity contribution in [3.8, 4) is 0 Å². The van der Waals surface area contributed by atoms with Gasteiger partial charge in [0.2, 0.25) is 0 Å². The minimum atomic E-state index is 0.303. The van der Waals surface area contributed by atoms with Gasteiger partial charge in [-0.25, -0.2) is 0 Å². The van der Waals surface area contributed by atoms with Crippen LogP contribution in [0.15, 0.2) is 0 Å². The van der Waals surface area contributed by atoms with Crippen LogP contribution in [0.25, 0.3) is 0 Å². The molecule has 6 unspecified atom stereocenters. The molecule has 4 aliphatic carbocycles. The van der Waals surface area contributed by atoms with Crippen LogP contribution in [0.4, 0.5) is 0 Å². The molecule has 4 aliphatic rings. The minimum Gasteiger partial charge on any atom is -0.298 e. The zero-order valence-corrected chi connectivity index (χ0v) is 17.4. The van der Waals surface area contributed by atoms with Crippen LogP contribution >= 0.6 is 15.9 Å². The number of hydrogen-bond donors (Lipinski definition) is 0. The molecule has 4 rings (SSSR count). The van der Waals surface area contributed by atoms with E-state index in [1.165, 1.54) is 51.4 Å². The molecule has 0 aromatic heterocycles. The summed E-state index contributed by atoms with van der Waals surface area (Å²) in [6.45, 7) is 7.60. The predicted octanol–water partition coefficient (Wildman–Crippen LogP) is 6.25. The van der Waals surface area contributed by atoms with E-state index in [4.69, 9.17) is 0 Å². The van der Waals surface area contributed by atoms with Crippen LogP contribution in [0.3, 0.4) is 0 Å². The molecule has 136 valence electrons. The van der Waals surface area contributed by atoms with E-state index in [1.807, 2.05) is 0 Å². The monoisotopic (exact) mass is 394 g/mol. The summed E-state index contributed by atoms with van der Waals surface area (Å²) in [5, 5.41) is 0.561. The lowest BCUT2D eigenvalue weighted by molar-refractivity contribution is -0.134. The van der Waals surface area contributed by atoms with Crippen molar-refractivity contribution < 1.29 is 4.79 Å². The van der Waals surface area contributed by atoms with E-state index < -0.39 is 0 Å². The molecule has 0 spiro atoms. The number of Topliss-reactive ketones (excluding diaryl/α,β-unsaturated/α-hetero) is 1. The Bertz CT molecular complexity index is 516. The largest absolute Gasteiger partial charge is 0.298 e. The number of carbonyl (C=O) groups is 1. The molecular formula is C22H35BrO. The summed E-state index contributed by atoms with van der Waals surface area (Å²) in [6, 6.07) is 0. The van der Waals surface area contributed by atoms with Gasteiger partial charge in [0.25, 0.3) is 0 Å². The van der Waals surface area contributed by atoms with Crippen molar-refractivity contribution in [2.75, 3.05) is 5.33 Å². The molecule has 0 aromatic rings. The smallest absolute Gasteiger partial charge is 0.147 e. The summed E-state index contributed by atoms with van der Waals surface area (Å²) in [7, 11) is 0. The highest BCUT2D eigenvalue weighted by atomic mass is 79.9. The Labute approximate surface area is 156 Å². The van der Waals surface area contributed by atoms with E-state index in [0.29, 0.717) is 27.9 Å². The van der Waals surface area contributed by atoms with Crippen molar-refractivity contribution >= 4 is 21.7 Å². The first kappa shape index (κ1) is 17.6. The Kier molecular flexibility index (Phi) is 4.46. The van der Waals surface area contributed by atoms with Crippen molar-refractivity contribution in [1.29, 1.82) is 0 Å². The molecule has 8 atom stereocenters. The van der Waals surface area contributed by atoms with Crippen molar-refractivity contribution in [2.24, 2.45) is 46.3 Å². The second-order valence-electron chi connectivity index (χ2n) is 10.3. The molecule has 24 heavy (non-hydrogen) atoms. The van der Waals surface area contributed by atoms with Crippen molar-refractivity contribution in [2.45, 2.75) is 78.6 Å². The first-order valence-electron chi connectivity index (χ1n) is 10.5. The van der Waals surface area contributed by atoms with E-state index in [1.54, 1.807) is 0 Å². The average Bonchev–Trinajstić information content (AvgIpc) is 2.92. The fraction of sp³-hybridized carbons (Fsp3) is 0.955. The zero-order chi connectivity index (χ0) is 17.1. The summed E-state index contributed by atoms with van der Waals surface area (Å²) in [4.78, 5) is 12.5. The Morgan fingerprint density at radius 2 is 1.67 bits per heavy atom. The summed E-state index contributed by atoms with van der Waals surface area (Å²) in [6.07, 6.45) is 12.5. The Hall–Kier alpha value is 0.150. The Morgan fingerprint density at radius 3 is 2.42 bits per heavy atom. The summed E-state index contributed by atoms with van der Waals surface area (Å²) >= 11 is 3.44. The standard InChI is InChI=1S/C22H35BrO/c1-14-8-10-21(2)15(12-14)4-5-16-17-6-7-19(20(24)13-23)22(17,3)11-9-18(16)21/h14-19H,4-13H2,1-3H3/t14?,15?,16?,17?,18?,19-,21+,22?/m1/s1. The van der Waals surface area contributed by atoms with Gasteiger partial charge in [-0.15, -0.1) is 0 Å². The normalized spacial score (nSPS) is 53.8. The van der Waals surface area contributed by atoms with E-state index >= 15 is 0 Å². The van der Waals surface area contributed by atoms with Gasteiger partial charge < -0.3 is 0 Å². The lowest BCUT2D eigenvalue weighted by atomic mass is 9.44. The molecule has 2 heteroatoms. The van der Waals surface area contributed by atoms with Gasteiger partial charge in [0.15, 0.2) is 0 Å². The van der Waals surface area contributed by atoms with Gasteiger partial charge in [0.1, 0.15) is 5.78 Å². The zero-order valence-electron chi connectivity index (χ0n) is 15.8. The molecule has 0 N–H and O–H groups in total. The van der Waals surface area contributed by atoms with Crippen molar-refractivity contribution in [3.63, 3.8) is 0 Å². The van der Waals surface area contributed by atoms with Crippen LogP contribution in [0.1, 0.15) is 78.6 Å². The first-order chi connectivity index (χ1) is 11.4. The SMILES string of the molecule is CC1CC[C@@]2(C)C(CCC3C4CC[C@H](C(=O)CBr)C4(C)CCC32)C1. The topological polar surface area (TPSA) is 17.1 Å². The number of fused-ring (bicyclic) bond motifs is 5. The maximum absolute atomic E-state index is 12.5. The highest BCUT2D eigenvalue weighted by Crippen LogP contribution is 2.67. The van der Waals surface area contributed by atoms with Crippen LogP contribution < -0.4 is 0 Å². The number of hydrogen-bond acceptors (Lipinski definition) is 1. The number of carbonyl (C=O) groups excluding carboxylic acids is 1. The van der Waals surface area contributed by atoms with E-state index in [-0.39, 0.29) is 0 Å². The quantitative estimate of drug-likeness (QED) is 0.506. The summed E-state index contributed by atoms with van der Waals surface area (Å²) < 4.78 is 0. The van der Waals surface area contributed by atoms with Crippen LogP contribution in [-0.4, -0.2) is 11.1 Å². The molecule has 4 fully saturated rings. The fourth-order valence-corrected chi connectivity index (χ4v) is 8.49. The average molecular weight is 395 g/mol. The van der Waals surface area contributed by atoms with Crippen LogP contribution in [-0.2, 0) is 4.79 Å². The van der Waals surface area contributed by atoms with Crippen LogP contribution in [0, 0.1) is 46.3 Å². The second-order valence-corrected chi connectivity index (χ2v) is 10.9. The predicted molar refractivity (Wildman–Crippen MR) is 103 cm³/mol. The maximum atomic E-state index is 12.5. The molecule has 0 bridgehead atoms. The fourth-order valence-electron chi connectivity index (χ4n) is 8.09. The van der Waals surface area contributed by atoms with Crippen LogP contribution in [0.5, 0.6) is 0 Å². The molecule has 1 nitrogen and oxygen atoms in total. The second kappa shape index (κ2) is 6.10. The highest BCUT2D eigenvalue weighted by molar-refractivity contribution is 9.09. The third kappa shape index (κ3) is 2.41. The van der Waals surface area contributed by atoms with Gasteiger partial charge in [-0.1, -0.05) is 43.1 Å². The molecule has 0 aliphatic heterocycles. The highest BCUT2D eigenvalue weighted by Gasteiger charge is 2.60. The van der Waals surface area contributed by atoms with E-state index in [9.17, 15) is 4.79 Å². The van der Waals surface area contributed by atoms with Crippen LogP contribution in [0.2, 0.25) is 0 Å². The van der Waals surface area contributed by atoms with Gasteiger partial charge in [-0.2, -0.15) is 0 Å². The number of halogens is 1. The molecular weight excluding hydrogens is 360 g/mol. The van der Waals surface area contributed by atoms with Crippen molar-refractivity contribution in [1.82, 2.24) is 0 Å². The molecule has 0 saturated heterocycles. The summed E-state index contributed by atoms with van der Waals surface area (Å²) in [5.41, 5.74) is 0.908. The third-order valence-corrected chi connectivity index (χ3v) is 10.0. The molecule has 0 aromatic carbocycles. The van der Waals surface area contributed by atoms with Gasteiger partial charge in [-0.3, -0.25) is 4.79 Å². The van der Waals surface area contributed by atoms with Gasteiger partial charge in [-0.05, 0) is 91.8 Å². The Morgan fingerprint density at radius 1 is 0.958 bits per heavy atom. The Balaban J connectivity index is 1.60. The van der Waals surface area contributed by atoms with E-state index in [0.717, 1.165) is 36.0 Å². The first-order valence-corrected chi connectivity index (χ1v) is 11.6. The molecule has 4 saturated carbocycles. The maximum Gasteiger partial charge on any atom is 0.147 e. The number of ketones is 1. The summed E-state index contributed by atoms with van der Waals surface area (Å²) in [5.74, 6) is 5.41. The minimum absolute atomic E-state index is 0.303. The molecule has 0 amide bonds. The lowest BCUT2D eigenvalue weighted by Gasteiger charge is -2.61. The van der Waals surface area contributed by atoms with Crippen molar-refractivity contribution in [3.05, 3.63) is 0 Å². The number of rotatable bonds is 2. The van der Waals surface area contributed by atoms with Gasteiger partial charge in [0, 0.05) is 5.92 Å². The van der Waals surface area contributed by atoms with E-state index in [2.05, 4.69) is 36.7 Å². The van der Waals surface area contributed by atoms with Gasteiger partial charge >= 0.3 is 0 Å². The molecule has 0 heterocycles. The molecule has 0 radical (unpaired) electrons. The van der Waals surface area contributed by atoms with Gasteiger partial charge in [0.05, 0.1) is 5.33 Å². The third-order valence-electron chi connectivity index (χ3n) is 9.45.